The van der Waals surface area contributed by atoms with Gasteiger partial charge in [-0.1, -0.05) is 17.7 Å². The molecule has 3 heteroatoms. The van der Waals surface area contributed by atoms with Gasteiger partial charge in [0.1, 0.15) is 5.75 Å². The molecule has 3 rings (SSSR count). The fourth-order valence-electron chi connectivity index (χ4n) is 2.12. The Balaban J connectivity index is 2.43. The van der Waals surface area contributed by atoms with Gasteiger partial charge in [0.05, 0.1) is 18.1 Å². The van der Waals surface area contributed by atoms with Crippen molar-refractivity contribution in [2.75, 3.05) is 7.11 Å². The van der Waals surface area contributed by atoms with E-state index in [1.807, 2.05) is 37.3 Å². The van der Waals surface area contributed by atoms with Gasteiger partial charge in [-0.05, 0) is 36.8 Å². The topological polar surface area (TPSA) is 22.1 Å². The number of halogens is 1. The molecule has 0 amide bonds. The summed E-state index contributed by atoms with van der Waals surface area (Å²) in [6, 6.07) is 11.8. The summed E-state index contributed by atoms with van der Waals surface area (Å²) in [5.74, 6) is 0.814. The molecule has 0 saturated carbocycles. The third kappa shape index (κ3) is 1.70. The molecule has 0 aliphatic heterocycles. The van der Waals surface area contributed by atoms with E-state index >= 15 is 0 Å². The highest BCUT2D eigenvalue weighted by atomic mass is 35.5. The normalized spacial score (nSPS) is 11.1. The van der Waals surface area contributed by atoms with Crippen LogP contribution in [0.2, 0.25) is 5.02 Å². The Morgan fingerprint density at radius 3 is 2.72 bits per heavy atom. The molecule has 90 valence electrons. The van der Waals surface area contributed by atoms with Gasteiger partial charge >= 0.3 is 0 Å². The van der Waals surface area contributed by atoms with Gasteiger partial charge in [-0.15, -0.1) is 0 Å². The fraction of sp³-hybridized carbons (Fsp3) is 0.133. The molecule has 0 radical (unpaired) electrons. The van der Waals surface area contributed by atoms with Crippen LogP contribution in [0, 0.1) is 6.92 Å². The number of aromatic nitrogens is 1. The van der Waals surface area contributed by atoms with E-state index in [1.165, 1.54) is 0 Å². The summed E-state index contributed by atoms with van der Waals surface area (Å²) >= 11 is 6.22. The van der Waals surface area contributed by atoms with Crippen molar-refractivity contribution in [1.82, 2.24) is 4.98 Å². The van der Waals surface area contributed by atoms with Crippen molar-refractivity contribution >= 4 is 33.4 Å². The number of nitrogens with zero attached hydrogens (tertiary/aromatic N) is 1. The number of aryl methyl sites for hydroxylation is 1. The van der Waals surface area contributed by atoms with Crippen LogP contribution >= 0.6 is 11.6 Å². The molecule has 1 aromatic heterocycles. The van der Waals surface area contributed by atoms with Crippen molar-refractivity contribution in [2.45, 2.75) is 6.92 Å². The number of hydrogen-bond donors (Lipinski definition) is 0. The SMILES string of the molecule is COc1ccc2cc3c(Cl)ccc(C)c3nc2c1. The van der Waals surface area contributed by atoms with E-state index in [4.69, 9.17) is 16.3 Å². The van der Waals surface area contributed by atoms with Gasteiger partial charge in [-0.2, -0.15) is 0 Å². The van der Waals surface area contributed by atoms with Gasteiger partial charge < -0.3 is 4.74 Å². The van der Waals surface area contributed by atoms with Gasteiger partial charge in [0, 0.05) is 21.9 Å². The number of methoxy groups -OCH3 is 1. The predicted octanol–water partition coefficient (Wildman–Crippen LogP) is 4.36. The molecule has 1 heterocycles. The molecule has 0 spiro atoms. The van der Waals surface area contributed by atoms with Crippen LogP contribution in [0.1, 0.15) is 5.56 Å². The fourth-order valence-corrected chi connectivity index (χ4v) is 2.33. The first-order chi connectivity index (χ1) is 8.69. The first-order valence-corrected chi connectivity index (χ1v) is 6.10. The highest BCUT2D eigenvalue weighted by Crippen LogP contribution is 2.29. The van der Waals surface area contributed by atoms with Gasteiger partial charge in [0.15, 0.2) is 0 Å². The number of rotatable bonds is 1. The van der Waals surface area contributed by atoms with Crippen molar-refractivity contribution in [3.05, 3.63) is 47.0 Å². The largest absolute Gasteiger partial charge is 0.497 e. The van der Waals surface area contributed by atoms with Crippen LogP contribution < -0.4 is 4.74 Å². The van der Waals surface area contributed by atoms with E-state index in [0.29, 0.717) is 0 Å². The molecule has 0 bridgehead atoms. The summed E-state index contributed by atoms with van der Waals surface area (Å²) < 4.78 is 5.22. The lowest BCUT2D eigenvalue weighted by Crippen LogP contribution is -1.88. The van der Waals surface area contributed by atoms with Gasteiger partial charge in [0.25, 0.3) is 0 Å². The van der Waals surface area contributed by atoms with E-state index in [2.05, 4.69) is 11.1 Å². The first kappa shape index (κ1) is 11.3. The number of ether oxygens (including phenoxy) is 1. The average Bonchev–Trinajstić information content (AvgIpc) is 2.41. The molecule has 0 saturated heterocycles. The second kappa shape index (κ2) is 4.14. The van der Waals surface area contributed by atoms with Crippen LogP contribution in [-0.4, -0.2) is 12.1 Å². The summed E-state index contributed by atoms with van der Waals surface area (Å²) in [7, 11) is 1.66. The van der Waals surface area contributed by atoms with Gasteiger partial charge in [-0.25, -0.2) is 4.98 Å². The maximum absolute atomic E-state index is 6.22. The Kier molecular flexibility index (Phi) is 2.60. The molecular weight excluding hydrogens is 246 g/mol. The second-order valence-corrected chi connectivity index (χ2v) is 4.71. The molecule has 0 fully saturated rings. The van der Waals surface area contributed by atoms with Crippen LogP contribution in [-0.2, 0) is 0 Å². The summed E-state index contributed by atoms with van der Waals surface area (Å²) in [5.41, 5.74) is 2.99. The third-order valence-electron chi connectivity index (χ3n) is 3.14. The average molecular weight is 258 g/mol. The molecule has 3 aromatic rings. The number of benzene rings is 2. The van der Waals surface area contributed by atoms with Crippen molar-refractivity contribution in [1.29, 1.82) is 0 Å². The van der Waals surface area contributed by atoms with E-state index in [0.717, 1.165) is 38.1 Å². The van der Waals surface area contributed by atoms with Crippen molar-refractivity contribution < 1.29 is 4.74 Å². The predicted molar refractivity (Wildman–Crippen MR) is 75.5 cm³/mol. The first-order valence-electron chi connectivity index (χ1n) is 5.72. The minimum Gasteiger partial charge on any atom is -0.497 e. The maximum Gasteiger partial charge on any atom is 0.121 e. The van der Waals surface area contributed by atoms with E-state index in [-0.39, 0.29) is 0 Å². The second-order valence-electron chi connectivity index (χ2n) is 4.31. The van der Waals surface area contributed by atoms with E-state index in [9.17, 15) is 0 Å². The smallest absolute Gasteiger partial charge is 0.121 e. The van der Waals surface area contributed by atoms with Crippen LogP contribution in [0.5, 0.6) is 5.75 Å². The Hall–Kier alpha value is -1.80. The van der Waals surface area contributed by atoms with Crippen molar-refractivity contribution in [3.63, 3.8) is 0 Å². The molecule has 0 N–H and O–H groups in total. The minimum atomic E-state index is 0.737. The Morgan fingerprint density at radius 1 is 1.11 bits per heavy atom. The lowest BCUT2D eigenvalue weighted by atomic mass is 10.1. The van der Waals surface area contributed by atoms with Crippen molar-refractivity contribution in [3.8, 4) is 5.75 Å². The van der Waals surface area contributed by atoms with Gasteiger partial charge in [-0.3, -0.25) is 0 Å². The van der Waals surface area contributed by atoms with E-state index in [1.54, 1.807) is 7.11 Å². The number of hydrogen-bond acceptors (Lipinski definition) is 2. The zero-order chi connectivity index (χ0) is 12.7. The molecule has 2 aromatic carbocycles. The van der Waals surface area contributed by atoms with Crippen LogP contribution in [0.3, 0.4) is 0 Å². The molecule has 18 heavy (non-hydrogen) atoms. The van der Waals surface area contributed by atoms with Gasteiger partial charge in [0.2, 0.25) is 0 Å². The Bertz CT molecular complexity index is 752. The quantitative estimate of drug-likeness (QED) is 0.605. The molecule has 2 nitrogen and oxygen atoms in total. The highest BCUT2D eigenvalue weighted by molar-refractivity contribution is 6.35. The highest BCUT2D eigenvalue weighted by Gasteiger charge is 2.06. The zero-order valence-electron chi connectivity index (χ0n) is 10.2. The Labute approximate surface area is 110 Å². The van der Waals surface area contributed by atoms with Crippen LogP contribution in [0.4, 0.5) is 0 Å². The van der Waals surface area contributed by atoms with Crippen LogP contribution in [0.15, 0.2) is 36.4 Å². The summed E-state index contributed by atoms with van der Waals surface area (Å²) in [4.78, 5) is 4.68. The number of fused-ring (bicyclic) bond motifs is 2. The lowest BCUT2D eigenvalue weighted by molar-refractivity contribution is 0.415. The van der Waals surface area contributed by atoms with E-state index < -0.39 is 0 Å². The lowest BCUT2D eigenvalue weighted by Gasteiger charge is -2.07. The molecule has 0 aliphatic carbocycles. The summed E-state index contributed by atoms with van der Waals surface area (Å²) in [5, 5.41) is 2.80. The minimum absolute atomic E-state index is 0.737. The monoisotopic (exact) mass is 257 g/mol. The molecule has 0 unspecified atom stereocenters. The Morgan fingerprint density at radius 2 is 1.94 bits per heavy atom. The van der Waals surface area contributed by atoms with Crippen LogP contribution in [0.25, 0.3) is 21.8 Å². The number of pyridine rings is 1. The molecule has 0 atom stereocenters. The standard InChI is InChI=1S/C15H12ClNO/c1-9-3-6-13(16)12-7-10-4-5-11(18-2)8-14(10)17-15(9)12/h3-8H,1-2H3. The molecule has 0 aliphatic rings. The zero-order valence-corrected chi connectivity index (χ0v) is 11.0. The third-order valence-corrected chi connectivity index (χ3v) is 3.46. The van der Waals surface area contributed by atoms with Crippen molar-refractivity contribution in [2.24, 2.45) is 0 Å². The summed E-state index contributed by atoms with van der Waals surface area (Å²) in [6.07, 6.45) is 0. The maximum atomic E-state index is 6.22. The molecular formula is C15H12ClNO. The summed E-state index contributed by atoms with van der Waals surface area (Å²) in [6.45, 7) is 2.04.